The highest BCUT2D eigenvalue weighted by molar-refractivity contribution is 7.19. The fraction of sp³-hybridized carbons (Fsp3) is 0.269. The summed E-state index contributed by atoms with van der Waals surface area (Å²) in [5, 5.41) is 24.0. The van der Waals surface area contributed by atoms with Crippen molar-refractivity contribution in [3.8, 4) is 0 Å². The summed E-state index contributed by atoms with van der Waals surface area (Å²) in [6.45, 7) is 0.751. The number of likely N-dealkylation sites (N-methyl/N-ethyl adjacent to an activating group) is 1. The molecule has 1 amide bonds. The summed E-state index contributed by atoms with van der Waals surface area (Å²) in [6, 6.07) is 12.5. The highest BCUT2D eigenvalue weighted by Gasteiger charge is 2.22. The minimum atomic E-state index is -0.773. The Bertz CT molecular complexity index is 1420. The Kier molecular flexibility index (Phi) is 8.17. The van der Waals surface area contributed by atoms with E-state index in [1.54, 1.807) is 42.1 Å². The van der Waals surface area contributed by atoms with Crippen LogP contribution < -0.4 is 10.7 Å². The van der Waals surface area contributed by atoms with Gasteiger partial charge in [-0.1, -0.05) is 29.8 Å². The average molecular weight is 527 g/mol. The first kappa shape index (κ1) is 26.0. The molecule has 1 aromatic carbocycles. The molecule has 3 aromatic heterocycles. The second kappa shape index (κ2) is 11.3. The van der Waals surface area contributed by atoms with E-state index in [4.69, 9.17) is 11.6 Å². The topological polar surface area (TPSA) is 108 Å². The number of benzene rings is 1. The molecule has 0 spiro atoms. The monoisotopic (exact) mass is 526 g/mol. The number of nitrogens with zero attached hydrogens (tertiary/aromatic N) is 3. The quantitative estimate of drug-likeness (QED) is 0.309. The first-order valence-corrected chi connectivity index (χ1v) is 12.5. The van der Waals surface area contributed by atoms with Crippen molar-refractivity contribution in [2.24, 2.45) is 7.05 Å². The highest BCUT2D eigenvalue weighted by atomic mass is 35.5. The third-order valence-corrected chi connectivity index (χ3v) is 7.34. The number of hydrogen-bond donors (Lipinski definition) is 3. The molecule has 3 heterocycles. The molecule has 36 heavy (non-hydrogen) atoms. The molecule has 0 bridgehead atoms. The number of rotatable bonds is 9. The lowest BCUT2D eigenvalue weighted by atomic mass is 10.1. The lowest BCUT2D eigenvalue weighted by Gasteiger charge is -2.20. The van der Waals surface area contributed by atoms with Gasteiger partial charge in [0.2, 0.25) is 5.43 Å². The lowest BCUT2D eigenvalue weighted by molar-refractivity contribution is 0.0949. The lowest BCUT2D eigenvalue weighted by Crippen LogP contribution is -2.29. The Balaban J connectivity index is 1.56. The largest absolute Gasteiger partial charge is 0.392 e. The van der Waals surface area contributed by atoms with E-state index in [1.807, 2.05) is 30.1 Å². The Labute approximate surface area is 217 Å². The smallest absolute Gasteiger partial charge is 0.257 e. The molecule has 0 aliphatic heterocycles. The first-order chi connectivity index (χ1) is 17.3. The van der Waals surface area contributed by atoms with Crippen molar-refractivity contribution >= 4 is 39.1 Å². The third-order valence-electron chi connectivity index (χ3n) is 5.89. The summed E-state index contributed by atoms with van der Waals surface area (Å²) in [4.78, 5) is 33.0. The number of hydrogen-bond acceptors (Lipinski definition) is 7. The minimum absolute atomic E-state index is 0.0372. The van der Waals surface area contributed by atoms with Gasteiger partial charge < -0.3 is 20.1 Å². The van der Waals surface area contributed by atoms with Gasteiger partial charge in [0.15, 0.2) is 0 Å². The number of carbonyl (C=O) groups excluding carboxylic acids is 1. The predicted octanol–water partition coefficient (Wildman–Crippen LogP) is 3.24. The SMILES string of the molecule is CN(Cc1sc2c(=O)c(C(=O)NCc3ccc(Cl)cc3)cn(C)c2c1CO)C[C@@H](O)c1ccccn1. The second-order valence-corrected chi connectivity index (χ2v) is 10.1. The predicted molar refractivity (Wildman–Crippen MR) is 141 cm³/mol. The molecule has 0 aliphatic carbocycles. The maximum absolute atomic E-state index is 13.3. The molecule has 4 rings (SSSR count). The van der Waals surface area contributed by atoms with Gasteiger partial charge in [0, 0.05) is 54.5 Å². The van der Waals surface area contributed by atoms with E-state index >= 15 is 0 Å². The van der Waals surface area contributed by atoms with Crippen LogP contribution in [-0.4, -0.2) is 44.2 Å². The fourth-order valence-corrected chi connectivity index (χ4v) is 5.58. The van der Waals surface area contributed by atoms with E-state index in [0.29, 0.717) is 39.6 Å². The van der Waals surface area contributed by atoms with Crippen molar-refractivity contribution in [3.63, 3.8) is 0 Å². The van der Waals surface area contributed by atoms with Gasteiger partial charge in [-0.2, -0.15) is 0 Å². The molecule has 0 radical (unpaired) electrons. The molecular weight excluding hydrogens is 500 g/mol. The second-order valence-electron chi connectivity index (χ2n) is 8.60. The number of carbonyl (C=O) groups is 1. The molecule has 0 saturated heterocycles. The van der Waals surface area contributed by atoms with Crippen LogP contribution in [0, 0.1) is 0 Å². The number of nitrogens with one attached hydrogen (secondary N) is 1. The molecule has 0 aliphatic rings. The van der Waals surface area contributed by atoms with Crippen molar-refractivity contribution in [1.29, 1.82) is 0 Å². The van der Waals surface area contributed by atoms with Gasteiger partial charge in [0.25, 0.3) is 5.91 Å². The van der Waals surface area contributed by atoms with E-state index < -0.39 is 12.0 Å². The molecule has 0 unspecified atom stereocenters. The Morgan fingerprint density at radius 2 is 2.00 bits per heavy atom. The van der Waals surface area contributed by atoms with Crippen LogP contribution in [0.1, 0.15) is 38.2 Å². The number of aliphatic hydroxyl groups is 2. The van der Waals surface area contributed by atoms with Crippen LogP contribution in [0.2, 0.25) is 5.02 Å². The number of aryl methyl sites for hydroxylation is 1. The van der Waals surface area contributed by atoms with Crippen molar-refractivity contribution in [3.05, 3.63) is 97.4 Å². The summed E-state index contributed by atoms with van der Waals surface area (Å²) in [6.07, 6.45) is 2.37. The summed E-state index contributed by atoms with van der Waals surface area (Å²) in [5.41, 5.74) is 2.35. The Morgan fingerprint density at radius 1 is 1.25 bits per heavy atom. The van der Waals surface area contributed by atoms with Gasteiger partial charge in [0.05, 0.1) is 22.5 Å². The fourth-order valence-electron chi connectivity index (χ4n) is 4.07. The maximum Gasteiger partial charge on any atom is 0.257 e. The van der Waals surface area contributed by atoms with Gasteiger partial charge in [-0.3, -0.25) is 19.5 Å². The van der Waals surface area contributed by atoms with E-state index in [9.17, 15) is 19.8 Å². The van der Waals surface area contributed by atoms with Gasteiger partial charge in [-0.05, 0) is 36.9 Å². The number of amides is 1. The molecule has 10 heteroatoms. The van der Waals surface area contributed by atoms with Crippen LogP contribution in [0.4, 0.5) is 0 Å². The Morgan fingerprint density at radius 3 is 2.67 bits per heavy atom. The summed E-state index contributed by atoms with van der Waals surface area (Å²) >= 11 is 7.17. The molecular formula is C26H27ClN4O4S. The van der Waals surface area contributed by atoms with Gasteiger partial charge in [-0.25, -0.2) is 0 Å². The molecule has 4 aromatic rings. The Hall–Kier alpha value is -3.08. The normalized spacial score (nSPS) is 12.3. The maximum atomic E-state index is 13.3. The van der Waals surface area contributed by atoms with E-state index in [1.165, 1.54) is 17.5 Å². The van der Waals surface area contributed by atoms with Crippen LogP contribution >= 0.6 is 22.9 Å². The molecule has 0 fully saturated rings. The van der Waals surface area contributed by atoms with E-state index in [0.717, 1.165) is 10.4 Å². The third kappa shape index (κ3) is 5.66. The summed E-state index contributed by atoms with van der Waals surface area (Å²) < 4.78 is 2.12. The van der Waals surface area contributed by atoms with Crippen molar-refractivity contribution in [2.45, 2.75) is 25.8 Å². The van der Waals surface area contributed by atoms with Gasteiger partial charge in [-0.15, -0.1) is 11.3 Å². The molecule has 188 valence electrons. The molecule has 1 atom stereocenters. The number of thiophene rings is 1. The van der Waals surface area contributed by atoms with Crippen molar-refractivity contribution < 1.29 is 15.0 Å². The summed E-state index contributed by atoms with van der Waals surface area (Å²) in [7, 11) is 3.60. The number of fused-ring (bicyclic) bond motifs is 1. The van der Waals surface area contributed by atoms with Crippen LogP contribution in [0.15, 0.2) is 59.7 Å². The highest BCUT2D eigenvalue weighted by Crippen LogP contribution is 2.31. The van der Waals surface area contributed by atoms with Crippen LogP contribution in [-0.2, 0) is 26.7 Å². The molecule has 8 nitrogen and oxygen atoms in total. The average Bonchev–Trinajstić information content (AvgIpc) is 3.25. The summed E-state index contributed by atoms with van der Waals surface area (Å²) in [5.74, 6) is -0.469. The van der Waals surface area contributed by atoms with Gasteiger partial charge in [0.1, 0.15) is 11.7 Å². The zero-order valence-corrected chi connectivity index (χ0v) is 21.5. The number of aliphatic hydroxyl groups excluding tert-OH is 2. The van der Waals surface area contributed by atoms with Crippen molar-refractivity contribution in [2.75, 3.05) is 13.6 Å². The van der Waals surface area contributed by atoms with E-state index in [2.05, 4.69) is 10.3 Å². The number of pyridine rings is 2. The zero-order chi connectivity index (χ0) is 25.8. The van der Waals surface area contributed by atoms with Gasteiger partial charge >= 0.3 is 0 Å². The van der Waals surface area contributed by atoms with E-state index in [-0.39, 0.29) is 24.1 Å². The van der Waals surface area contributed by atoms with Crippen LogP contribution in [0.5, 0.6) is 0 Å². The first-order valence-electron chi connectivity index (χ1n) is 11.3. The standard InChI is InChI=1S/C26H27ClN4O4S/c1-30(13-21(33)20-5-3-4-10-28-20)14-22-19(15-32)23-25(36-22)24(34)18(12-31(23)2)26(35)29-11-16-6-8-17(27)9-7-16/h3-10,12,21,32-33H,11,13-15H2,1-2H3,(H,29,35)/t21-/m1/s1. The number of aromatic nitrogens is 2. The molecule has 3 N–H and O–H groups in total. The molecule has 0 saturated carbocycles. The number of halogens is 1. The van der Waals surface area contributed by atoms with Crippen molar-refractivity contribution in [1.82, 2.24) is 19.8 Å². The minimum Gasteiger partial charge on any atom is -0.392 e. The van der Waals surface area contributed by atoms with Crippen LogP contribution in [0.3, 0.4) is 0 Å². The van der Waals surface area contributed by atoms with Crippen LogP contribution in [0.25, 0.3) is 10.2 Å². The zero-order valence-electron chi connectivity index (χ0n) is 19.9.